The fourth-order valence-corrected chi connectivity index (χ4v) is 2.06. The average molecular weight is 324 g/mol. The maximum atomic E-state index is 12.2. The predicted octanol–water partition coefficient (Wildman–Crippen LogP) is 2.48. The van der Waals surface area contributed by atoms with E-state index in [1.54, 1.807) is 37.4 Å². The predicted molar refractivity (Wildman–Crippen MR) is 77.5 cm³/mol. The van der Waals surface area contributed by atoms with E-state index in [1.165, 1.54) is 4.90 Å². The first-order chi connectivity index (χ1) is 8.97. The Morgan fingerprint density at radius 1 is 1.32 bits per heavy atom. The zero-order valence-electron chi connectivity index (χ0n) is 10.4. The number of nitrogens with zero attached hydrogens (tertiary/aromatic N) is 1. The molecule has 0 fully saturated rings. The zero-order chi connectivity index (χ0) is 14.0. The number of furan rings is 1. The van der Waals surface area contributed by atoms with Crippen LogP contribution in [0.2, 0.25) is 0 Å². The fraction of sp³-hybridized carbons (Fsp3) is 0.154. The lowest BCUT2D eigenvalue weighted by Crippen LogP contribution is -2.26. The van der Waals surface area contributed by atoms with E-state index in [9.17, 15) is 4.79 Å². The van der Waals surface area contributed by atoms with Crippen molar-refractivity contribution in [3.63, 3.8) is 0 Å². The van der Waals surface area contributed by atoms with E-state index in [1.807, 2.05) is 0 Å². The van der Waals surface area contributed by atoms with E-state index in [0.29, 0.717) is 33.9 Å². The summed E-state index contributed by atoms with van der Waals surface area (Å²) < 4.78 is 6.00. The third kappa shape index (κ3) is 3.08. The monoisotopic (exact) mass is 323 g/mol. The maximum Gasteiger partial charge on any atom is 0.256 e. The summed E-state index contributed by atoms with van der Waals surface area (Å²) in [5.74, 6) is 0.516. The second-order valence-corrected chi connectivity index (χ2v) is 5.00. The molecule has 0 radical (unpaired) electrons. The smallest absolute Gasteiger partial charge is 0.256 e. The van der Waals surface area contributed by atoms with Crippen molar-refractivity contribution in [2.45, 2.75) is 6.54 Å². The van der Waals surface area contributed by atoms with Gasteiger partial charge in [0.15, 0.2) is 4.67 Å². The van der Waals surface area contributed by atoms with Crippen molar-refractivity contribution < 1.29 is 9.21 Å². The van der Waals surface area contributed by atoms with Crippen LogP contribution in [0.3, 0.4) is 0 Å². The molecule has 1 amide bonds. The highest BCUT2D eigenvalue weighted by molar-refractivity contribution is 9.10. The minimum atomic E-state index is -0.176. The maximum absolute atomic E-state index is 12.2. The summed E-state index contributed by atoms with van der Waals surface area (Å²) in [4.78, 5) is 13.8. The minimum absolute atomic E-state index is 0.176. The molecule has 0 unspecified atom stereocenters. The van der Waals surface area contributed by atoms with Crippen LogP contribution in [0.25, 0.3) is 0 Å². The molecule has 1 aromatic carbocycles. The standard InChI is InChI=1S/C13H14BrN3O2/c1-17(7-9-3-5-12(14)19-9)13(18)10-4-2-8(15)6-11(10)16/h2-6H,7,15-16H2,1H3. The lowest BCUT2D eigenvalue weighted by Gasteiger charge is -2.17. The van der Waals surface area contributed by atoms with Crippen molar-refractivity contribution in [2.24, 2.45) is 0 Å². The van der Waals surface area contributed by atoms with Crippen molar-refractivity contribution in [3.8, 4) is 0 Å². The lowest BCUT2D eigenvalue weighted by molar-refractivity contribution is 0.0776. The van der Waals surface area contributed by atoms with Crippen LogP contribution < -0.4 is 11.5 Å². The lowest BCUT2D eigenvalue weighted by atomic mass is 10.1. The van der Waals surface area contributed by atoms with Gasteiger partial charge >= 0.3 is 0 Å². The molecule has 2 aromatic rings. The first kappa shape index (κ1) is 13.5. The zero-order valence-corrected chi connectivity index (χ0v) is 12.0. The quantitative estimate of drug-likeness (QED) is 0.850. The number of anilines is 2. The van der Waals surface area contributed by atoms with Crippen LogP contribution in [0, 0.1) is 0 Å². The van der Waals surface area contributed by atoms with E-state index in [-0.39, 0.29) is 5.91 Å². The van der Waals surface area contributed by atoms with E-state index >= 15 is 0 Å². The number of carbonyl (C=O) groups is 1. The Balaban J connectivity index is 2.14. The average Bonchev–Trinajstić information content (AvgIpc) is 2.74. The molecule has 0 aliphatic carbocycles. The molecule has 100 valence electrons. The van der Waals surface area contributed by atoms with Gasteiger partial charge in [-0.25, -0.2) is 0 Å². The number of amides is 1. The highest BCUT2D eigenvalue weighted by Gasteiger charge is 2.16. The Hall–Kier alpha value is -1.95. The number of nitrogens with two attached hydrogens (primary N) is 2. The van der Waals surface area contributed by atoms with Crippen molar-refractivity contribution in [1.82, 2.24) is 4.90 Å². The Morgan fingerprint density at radius 2 is 2.05 bits per heavy atom. The van der Waals surface area contributed by atoms with Crippen molar-refractivity contribution >= 4 is 33.2 Å². The summed E-state index contributed by atoms with van der Waals surface area (Å²) in [5, 5.41) is 0. The van der Waals surface area contributed by atoms with Gasteiger partial charge in [0, 0.05) is 18.4 Å². The van der Waals surface area contributed by atoms with Crippen LogP contribution in [-0.2, 0) is 6.54 Å². The first-order valence-corrected chi connectivity index (χ1v) is 6.41. The largest absolute Gasteiger partial charge is 0.452 e. The Kier molecular flexibility index (Phi) is 3.80. The van der Waals surface area contributed by atoms with Crippen molar-refractivity contribution in [1.29, 1.82) is 0 Å². The van der Waals surface area contributed by atoms with E-state index in [0.717, 1.165) is 0 Å². The highest BCUT2D eigenvalue weighted by atomic mass is 79.9. The topological polar surface area (TPSA) is 85.5 Å². The summed E-state index contributed by atoms with van der Waals surface area (Å²) in [5.41, 5.74) is 12.7. The number of halogens is 1. The SMILES string of the molecule is CN(Cc1ccc(Br)o1)C(=O)c1ccc(N)cc1N. The number of hydrogen-bond donors (Lipinski definition) is 2. The van der Waals surface area contributed by atoms with Gasteiger partial charge in [0.1, 0.15) is 5.76 Å². The van der Waals surface area contributed by atoms with E-state index in [2.05, 4.69) is 15.9 Å². The van der Waals surface area contributed by atoms with Gasteiger partial charge in [0.2, 0.25) is 0 Å². The molecule has 2 rings (SSSR count). The molecule has 0 spiro atoms. The van der Waals surface area contributed by atoms with Gasteiger partial charge in [-0.1, -0.05) is 0 Å². The highest BCUT2D eigenvalue weighted by Crippen LogP contribution is 2.19. The number of nitrogen functional groups attached to an aromatic ring is 2. The summed E-state index contributed by atoms with van der Waals surface area (Å²) in [7, 11) is 1.69. The van der Waals surface area contributed by atoms with Gasteiger partial charge in [0.25, 0.3) is 5.91 Å². The molecule has 19 heavy (non-hydrogen) atoms. The van der Waals surface area contributed by atoms with Gasteiger partial charge in [-0.3, -0.25) is 4.79 Å². The summed E-state index contributed by atoms with van der Waals surface area (Å²) in [6.45, 7) is 0.369. The molecule has 0 saturated heterocycles. The molecular formula is C13H14BrN3O2. The Bertz CT molecular complexity index is 610. The molecule has 1 heterocycles. The Morgan fingerprint density at radius 3 is 2.63 bits per heavy atom. The van der Waals surface area contributed by atoms with Crippen molar-refractivity contribution in [3.05, 3.63) is 46.3 Å². The van der Waals surface area contributed by atoms with E-state index in [4.69, 9.17) is 15.9 Å². The second-order valence-electron chi connectivity index (χ2n) is 4.21. The van der Waals surface area contributed by atoms with Crippen LogP contribution >= 0.6 is 15.9 Å². The van der Waals surface area contributed by atoms with Crippen LogP contribution in [0.1, 0.15) is 16.1 Å². The third-order valence-corrected chi connectivity index (χ3v) is 3.10. The molecule has 0 aliphatic heterocycles. The number of rotatable bonds is 3. The molecule has 5 nitrogen and oxygen atoms in total. The van der Waals surface area contributed by atoms with Gasteiger partial charge in [-0.05, 0) is 46.3 Å². The molecule has 0 atom stereocenters. The second kappa shape index (κ2) is 5.36. The first-order valence-electron chi connectivity index (χ1n) is 5.62. The molecule has 0 bridgehead atoms. The molecule has 0 aliphatic rings. The third-order valence-electron chi connectivity index (χ3n) is 2.67. The molecule has 4 N–H and O–H groups in total. The molecule has 6 heteroatoms. The van der Waals surface area contributed by atoms with Gasteiger partial charge in [-0.2, -0.15) is 0 Å². The van der Waals surface area contributed by atoms with Crippen LogP contribution in [0.4, 0.5) is 11.4 Å². The summed E-state index contributed by atoms with van der Waals surface area (Å²) in [6, 6.07) is 8.44. The molecular weight excluding hydrogens is 310 g/mol. The fourth-order valence-electron chi connectivity index (χ4n) is 1.72. The number of carbonyl (C=O) groups excluding carboxylic acids is 1. The molecule has 0 saturated carbocycles. The normalized spacial score (nSPS) is 10.4. The van der Waals surface area contributed by atoms with Crippen molar-refractivity contribution in [2.75, 3.05) is 18.5 Å². The van der Waals surface area contributed by atoms with Crippen LogP contribution in [-0.4, -0.2) is 17.9 Å². The van der Waals surface area contributed by atoms with Gasteiger partial charge in [0.05, 0.1) is 12.1 Å². The minimum Gasteiger partial charge on any atom is -0.452 e. The van der Waals surface area contributed by atoms with E-state index < -0.39 is 0 Å². The van der Waals surface area contributed by atoms with Crippen LogP contribution in [0.5, 0.6) is 0 Å². The summed E-state index contributed by atoms with van der Waals surface area (Å²) >= 11 is 3.22. The van der Waals surface area contributed by atoms with Gasteiger partial charge < -0.3 is 20.8 Å². The Labute approximate surface area is 119 Å². The number of hydrogen-bond acceptors (Lipinski definition) is 4. The number of benzene rings is 1. The van der Waals surface area contributed by atoms with Gasteiger partial charge in [-0.15, -0.1) is 0 Å². The molecule has 1 aromatic heterocycles. The van der Waals surface area contributed by atoms with Crippen LogP contribution in [0.15, 0.2) is 39.4 Å². The summed E-state index contributed by atoms with van der Waals surface area (Å²) in [6.07, 6.45) is 0.